The fourth-order valence-corrected chi connectivity index (χ4v) is 9.54. The molecule has 0 saturated heterocycles. The molecule has 0 spiro atoms. The van der Waals surface area contributed by atoms with Gasteiger partial charge in [0.2, 0.25) is 5.75 Å². The minimum absolute atomic E-state index is 0.0914. The van der Waals surface area contributed by atoms with E-state index in [1.54, 1.807) is 12.1 Å². The van der Waals surface area contributed by atoms with E-state index in [1.807, 2.05) is 0 Å². The Bertz CT molecular complexity index is 1080. The van der Waals surface area contributed by atoms with Gasteiger partial charge < -0.3 is 24.1 Å². The van der Waals surface area contributed by atoms with E-state index in [4.69, 9.17) is 14.2 Å². The molecule has 388 valence electrons. The highest BCUT2D eigenvalue weighted by atomic mass is 16.5. The molecule has 5 heteroatoms. The second-order valence-electron chi connectivity index (χ2n) is 20.5. The molecule has 1 aromatic carbocycles. The van der Waals surface area contributed by atoms with Crippen molar-refractivity contribution in [2.75, 3.05) is 19.8 Å². The van der Waals surface area contributed by atoms with Crippen LogP contribution in [0.4, 0.5) is 0 Å². The molecule has 5 nitrogen and oxygen atoms in total. The van der Waals surface area contributed by atoms with Gasteiger partial charge in [0.15, 0.2) is 11.5 Å². The lowest BCUT2D eigenvalue weighted by Gasteiger charge is -2.19. The van der Waals surface area contributed by atoms with E-state index in [1.165, 1.54) is 270 Å². The average Bonchev–Trinajstić information content (AvgIpc) is 3.32. The molecule has 1 rings (SSSR count). The number of carbonyl (C=O) groups excluding carboxylic acids is 1. The van der Waals surface area contributed by atoms with Gasteiger partial charge in [-0.25, -0.2) is 0 Å². The summed E-state index contributed by atoms with van der Waals surface area (Å²) in [5, 5.41) is 12.1. The largest absolute Gasteiger partial charge is 0.545 e. The Morgan fingerprint density at radius 2 is 0.485 bits per heavy atom. The van der Waals surface area contributed by atoms with E-state index in [2.05, 4.69) is 20.8 Å². The maximum Gasteiger partial charge on any atom is 0.203 e. The van der Waals surface area contributed by atoms with Crippen molar-refractivity contribution in [1.29, 1.82) is 0 Å². The highest BCUT2D eigenvalue weighted by Gasteiger charge is 2.17. The van der Waals surface area contributed by atoms with Gasteiger partial charge in [0.05, 0.1) is 25.8 Å². The van der Waals surface area contributed by atoms with Gasteiger partial charge in [-0.2, -0.15) is 0 Å². The quantitative estimate of drug-likeness (QED) is 0.0609. The first-order chi connectivity index (χ1) is 32.6. The number of carboxylic acid groups (broad SMARTS) is 1. The van der Waals surface area contributed by atoms with Gasteiger partial charge in [0.25, 0.3) is 0 Å². The van der Waals surface area contributed by atoms with E-state index < -0.39 is 5.97 Å². The van der Waals surface area contributed by atoms with Crippen LogP contribution in [-0.2, 0) is 0 Å². The fraction of sp³-hybridized carbons (Fsp3) is 0.885. The molecule has 0 unspecified atom stereocenters. The van der Waals surface area contributed by atoms with Crippen molar-refractivity contribution in [1.82, 2.24) is 0 Å². The smallest absolute Gasteiger partial charge is 0.203 e. The van der Waals surface area contributed by atoms with Crippen LogP contribution < -0.4 is 19.3 Å². The zero-order valence-corrected chi connectivity index (χ0v) is 44.8. The lowest BCUT2D eigenvalue weighted by atomic mass is 10.0. The number of rotatable bonds is 55. The van der Waals surface area contributed by atoms with E-state index in [9.17, 15) is 9.90 Å². The molecule has 0 amide bonds. The molecule has 0 atom stereocenters. The highest BCUT2D eigenvalue weighted by molar-refractivity contribution is 5.87. The lowest BCUT2D eigenvalue weighted by Crippen LogP contribution is -2.22. The molecular weight excluding hydrogens is 813 g/mol. The number of unbranched alkanes of at least 4 members (excludes halogenated alkanes) is 45. The average molecular weight is 927 g/mol. The molecule has 0 aliphatic heterocycles. The summed E-state index contributed by atoms with van der Waals surface area (Å²) in [5.74, 6) is 0.320. The molecule has 1 aromatic rings. The first-order valence-corrected chi connectivity index (χ1v) is 29.9. The summed E-state index contributed by atoms with van der Waals surface area (Å²) < 4.78 is 19.1. The van der Waals surface area contributed by atoms with Crippen molar-refractivity contribution < 1.29 is 24.1 Å². The number of carbonyl (C=O) groups is 1. The zero-order chi connectivity index (χ0) is 47.5. The minimum atomic E-state index is -1.21. The van der Waals surface area contributed by atoms with E-state index in [-0.39, 0.29) is 5.56 Å². The summed E-state index contributed by atoms with van der Waals surface area (Å²) in [6, 6.07) is 3.18. The third-order valence-corrected chi connectivity index (χ3v) is 14.0. The summed E-state index contributed by atoms with van der Waals surface area (Å²) >= 11 is 0. The Balaban J connectivity index is 2.46. The van der Waals surface area contributed by atoms with Gasteiger partial charge in [-0.1, -0.05) is 310 Å². The summed E-state index contributed by atoms with van der Waals surface area (Å²) in [7, 11) is 0. The van der Waals surface area contributed by atoms with Crippen LogP contribution in [0.3, 0.4) is 0 Å². The maximum absolute atomic E-state index is 12.1. The third kappa shape index (κ3) is 41.1. The molecule has 0 aromatic heterocycles. The van der Waals surface area contributed by atoms with Crippen LogP contribution in [-0.4, -0.2) is 25.8 Å². The first kappa shape index (κ1) is 62.1. The number of aromatic carboxylic acids is 1. The second kappa shape index (κ2) is 51.0. The molecule has 0 fully saturated rings. The van der Waals surface area contributed by atoms with Crippen molar-refractivity contribution in [3.05, 3.63) is 17.7 Å². The van der Waals surface area contributed by atoms with E-state index in [0.717, 1.165) is 38.5 Å². The van der Waals surface area contributed by atoms with Crippen molar-refractivity contribution in [3.63, 3.8) is 0 Å². The Labute approximate surface area is 412 Å². The van der Waals surface area contributed by atoms with Crippen LogP contribution in [0, 0.1) is 0 Å². The summed E-state index contributed by atoms with van der Waals surface area (Å²) in [5.41, 5.74) is 0.0914. The van der Waals surface area contributed by atoms with Crippen LogP contribution in [0.5, 0.6) is 17.2 Å². The summed E-state index contributed by atoms with van der Waals surface area (Å²) in [4.78, 5) is 12.1. The highest BCUT2D eigenvalue weighted by Crippen LogP contribution is 2.39. The van der Waals surface area contributed by atoms with Gasteiger partial charge in [-0.05, 0) is 31.4 Å². The number of benzene rings is 1. The second-order valence-corrected chi connectivity index (χ2v) is 20.5. The van der Waals surface area contributed by atoms with Crippen molar-refractivity contribution in [2.24, 2.45) is 0 Å². The van der Waals surface area contributed by atoms with Crippen LogP contribution in [0.15, 0.2) is 12.1 Å². The molecule has 66 heavy (non-hydrogen) atoms. The number of hydrogen-bond donors (Lipinski definition) is 0. The number of carboxylic acids is 1. The van der Waals surface area contributed by atoms with Gasteiger partial charge in [0, 0.05) is 5.56 Å². The Hall–Kier alpha value is -1.91. The van der Waals surface area contributed by atoms with Gasteiger partial charge in [-0.15, -0.1) is 0 Å². The minimum Gasteiger partial charge on any atom is -0.545 e. The number of ether oxygens (including phenoxy) is 3. The molecule has 0 radical (unpaired) electrons. The van der Waals surface area contributed by atoms with Crippen molar-refractivity contribution in [3.8, 4) is 17.2 Å². The van der Waals surface area contributed by atoms with Crippen LogP contribution in [0.25, 0.3) is 0 Å². The third-order valence-electron chi connectivity index (χ3n) is 14.0. The fourth-order valence-electron chi connectivity index (χ4n) is 9.54. The molecule has 0 aliphatic carbocycles. The Kier molecular flexibility index (Phi) is 47.9. The molecular formula is C61H113O5-. The molecule has 0 N–H and O–H groups in total. The molecule has 0 bridgehead atoms. The van der Waals surface area contributed by atoms with Gasteiger partial charge in [0.1, 0.15) is 0 Å². The van der Waals surface area contributed by atoms with Gasteiger partial charge in [-0.3, -0.25) is 0 Å². The molecule has 0 aliphatic rings. The van der Waals surface area contributed by atoms with Crippen LogP contribution in [0.1, 0.15) is 339 Å². The lowest BCUT2D eigenvalue weighted by molar-refractivity contribution is -0.255. The molecule has 0 saturated carbocycles. The normalized spacial score (nSPS) is 11.4. The summed E-state index contributed by atoms with van der Waals surface area (Å²) in [6.07, 6.45) is 63.9. The predicted octanol–water partition coefficient (Wildman–Crippen LogP) is 20.0. The first-order valence-electron chi connectivity index (χ1n) is 29.9. The predicted molar refractivity (Wildman–Crippen MR) is 286 cm³/mol. The van der Waals surface area contributed by atoms with Crippen molar-refractivity contribution in [2.45, 2.75) is 329 Å². The van der Waals surface area contributed by atoms with Crippen molar-refractivity contribution >= 4 is 5.97 Å². The molecule has 0 heterocycles. The van der Waals surface area contributed by atoms with E-state index in [0.29, 0.717) is 37.1 Å². The topological polar surface area (TPSA) is 67.8 Å². The number of hydrogen-bond acceptors (Lipinski definition) is 5. The monoisotopic (exact) mass is 926 g/mol. The van der Waals surface area contributed by atoms with E-state index >= 15 is 0 Å². The summed E-state index contributed by atoms with van der Waals surface area (Å²) in [6.45, 7) is 8.54. The Morgan fingerprint density at radius 1 is 0.303 bits per heavy atom. The van der Waals surface area contributed by atoms with Crippen LogP contribution >= 0.6 is 0 Å². The standard InChI is InChI=1S/C61H114O5/c1-4-7-10-13-16-19-22-25-28-31-34-37-40-43-46-49-52-64-58-55-57(61(62)63)56-59(65-53-50-47-44-41-38-35-32-29-26-23-20-17-14-11-8-5-2)60(58)66-54-51-48-45-42-39-36-33-30-27-24-21-18-15-12-9-6-3/h55-56H,4-54H2,1-3H3,(H,62,63)/p-1. The maximum atomic E-state index is 12.1. The SMILES string of the molecule is CCCCCCCCCCCCCCCCCCOc1cc(C(=O)[O-])cc(OCCCCCCCCCCCCCCCCCC)c1OCCCCCCCCCCCCCCCCCC. The van der Waals surface area contributed by atoms with Gasteiger partial charge >= 0.3 is 0 Å². The Morgan fingerprint density at radius 3 is 0.682 bits per heavy atom. The van der Waals surface area contributed by atoms with Crippen LogP contribution in [0.2, 0.25) is 0 Å². The zero-order valence-electron chi connectivity index (χ0n) is 44.8.